The van der Waals surface area contributed by atoms with Crippen LogP contribution in [0.15, 0.2) is 42.6 Å². The van der Waals surface area contributed by atoms with Crippen molar-refractivity contribution in [3.05, 3.63) is 48.2 Å². The maximum atomic E-state index is 13.6. The minimum Gasteiger partial charge on any atom is -0.497 e. The summed E-state index contributed by atoms with van der Waals surface area (Å²) in [4.78, 5) is 43.8. The van der Waals surface area contributed by atoms with Crippen LogP contribution in [-0.4, -0.2) is 83.4 Å². The molecule has 41 heavy (non-hydrogen) atoms. The summed E-state index contributed by atoms with van der Waals surface area (Å²) in [7, 11) is 3.30. The number of nitrogens with one attached hydrogen (secondary N) is 2. The van der Waals surface area contributed by atoms with E-state index in [9.17, 15) is 9.59 Å². The number of aromatic nitrogens is 3. The number of fused-ring (bicyclic) bond motifs is 3. The highest BCUT2D eigenvalue weighted by Crippen LogP contribution is 2.37. The Hall–Kier alpha value is -4.45. The van der Waals surface area contributed by atoms with Crippen LogP contribution in [0, 0.1) is 0 Å². The lowest BCUT2D eigenvalue weighted by molar-refractivity contribution is 0.0297. The number of ether oxygens (including phenoxy) is 3. The van der Waals surface area contributed by atoms with Gasteiger partial charge in [0.25, 0.3) is 5.91 Å². The molecule has 12 heteroatoms. The van der Waals surface area contributed by atoms with Crippen molar-refractivity contribution >= 4 is 29.4 Å². The number of anilines is 3. The van der Waals surface area contributed by atoms with Gasteiger partial charge in [-0.3, -0.25) is 10.1 Å². The van der Waals surface area contributed by atoms with Crippen LogP contribution in [0.2, 0.25) is 0 Å². The molecule has 5 heterocycles. The molecule has 12 nitrogen and oxygen atoms in total. The van der Waals surface area contributed by atoms with Gasteiger partial charge >= 0.3 is 6.03 Å². The number of methoxy groups -OCH3 is 1. The number of hydrogen-bond acceptors (Lipinski definition) is 9. The first kappa shape index (κ1) is 26.8. The van der Waals surface area contributed by atoms with E-state index in [0.29, 0.717) is 59.7 Å². The Morgan fingerprint density at radius 1 is 1.07 bits per heavy atom. The predicted octanol–water partition coefficient (Wildman–Crippen LogP) is 3.80. The number of benzene rings is 1. The largest absolute Gasteiger partial charge is 0.497 e. The summed E-state index contributed by atoms with van der Waals surface area (Å²) in [6.45, 7) is 5.65. The van der Waals surface area contributed by atoms with Gasteiger partial charge in [0.2, 0.25) is 11.8 Å². The maximum Gasteiger partial charge on any atom is 0.324 e. The predicted molar refractivity (Wildman–Crippen MR) is 153 cm³/mol. The molecule has 3 amide bonds. The SMILES string of the molecule is COc1ccnc(NC(=O)Nc2ccc(-c3nc(N4CC5CCC(C4)O5)nc4c3C(=O)N(C)CC(C)(C)O4)cc2)c1. The summed E-state index contributed by atoms with van der Waals surface area (Å²) in [5.41, 5.74) is 1.42. The van der Waals surface area contributed by atoms with Crippen molar-refractivity contribution in [1.29, 1.82) is 0 Å². The molecule has 2 aromatic heterocycles. The summed E-state index contributed by atoms with van der Waals surface area (Å²) in [5, 5.41) is 5.49. The third-order valence-corrected chi connectivity index (χ3v) is 7.37. The summed E-state index contributed by atoms with van der Waals surface area (Å²) >= 11 is 0. The second-order valence-electron chi connectivity index (χ2n) is 11.2. The third-order valence-electron chi connectivity index (χ3n) is 7.37. The van der Waals surface area contributed by atoms with E-state index in [0.717, 1.165) is 12.8 Å². The molecule has 1 aromatic carbocycles. The normalized spacial score (nSPS) is 21.0. The zero-order chi connectivity index (χ0) is 28.7. The Labute approximate surface area is 238 Å². The Morgan fingerprint density at radius 3 is 2.51 bits per heavy atom. The maximum absolute atomic E-state index is 13.6. The van der Waals surface area contributed by atoms with Crippen LogP contribution in [0.5, 0.6) is 11.6 Å². The van der Waals surface area contributed by atoms with Crippen molar-refractivity contribution in [3.63, 3.8) is 0 Å². The fourth-order valence-electron chi connectivity index (χ4n) is 5.55. The fraction of sp³-hybridized carbons (Fsp3) is 0.414. The third kappa shape index (κ3) is 5.60. The number of hydrogen-bond donors (Lipinski definition) is 2. The van der Waals surface area contributed by atoms with Crippen LogP contribution in [-0.2, 0) is 4.74 Å². The number of amides is 3. The van der Waals surface area contributed by atoms with Gasteiger partial charge in [0.15, 0.2) is 0 Å². The molecule has 2 fully saturated rings. The highest BCUT2D eigenvalue weighted by molar-refractivity contribution is 6.03. The first-order chi connectivity index (χ1) is 19.7. The van der Waals surface area contributed by atoms with Crippen molar-refractivity contribution in [2.75, 3.05) is 49.3 Å². The van der Waals surface area contributed by atoms with E-state index in [2.05, 4.69) is 20.5 Å². The van der Waals surface area contributed by atoms with E-state index in [1.165, 1.54) is 0 Å². The number of nitrogens with zero attached hydrogens (tertiary/aromatic N) is 5. The summed E-state index contributed by atoms with van der Waals surface area (Å²) in [6, 6.07) is 10.0. The van der Waals surface area contributed by atoms with E-state index in [1.54, 1.807) is 49.5 Å². The van der Waals surface area contributed by atoms with E-state index < -0.39 is 11.6 Å². The van der Waals surface area contributed by atoms with Crippen LogP contribution >= 0.6 is 0 Å². The van der Waals surface area contributed by atoms with E-state index in [1.807, 2.05) is 26.0 Å². The molecule has 2 atom stereocenters. The number of rotatable bonds is 5. The second-order valence-corrected chi connectivity index (χ2v) is 11.2. The lowest BCUT2D eigenvalue weighted by atomic mass is 10.1. The molecule has 0 radical (unpaired) electrons. The number of carbonyl (C=O) groups is 2. The molecule has 2 bridgehead atoms. The Bertz CT molecular complexity index is 1470. The molecular formula is C29H33N7O5. The second kappa shape index (κ2) is 10.5. The number of morpholine rings is 1. The van der Waals surface area contributed by atoms with Crippen LogP contribution in [0.3, 0.4) is 0 Å². The Balaban J connectivity index is 1.31. The van der Waals surface area contributed by atoms with Crippen LogP contribution in [0.1, 0.15) is 37.0 Å². The molecule has 0 saturated carbocycles. The van der Waals surface area contributed by atoms with Gasteiger partial charge in [0.05, 0.1) is 31.6 Å². The van der Waals surface area contributed by atoms with Crippen molar-refractivity contribution in [2.45, 2.75) is 44.5 Å². The van der Waals surface area contributed by atoms with E-state index in [4.69, 9.17) is 24.2 Å². The molecular weight excluding hydrogens is 526 g/mol. The average Bonchev–Trinajstić information content (AvgIpc) is 3.24. The van der Waals surface area contributed by atoms with Gasteiger partial charge < -0.3 is 29.3 Å². The summed E-state index contributed by atoms with van der Waals surface area (Å²) in [6.07, 6.45) is 3.87. The average molecular weight is 560 g/mol. The number of pyridine rings is 1. The number of carbonyl (C=O) groups excluding carboxylic acids is 2. The molecule has 214 valence electrons. The molecule has 3 aromatic rings. The Morgan fingerprint density at radius 2 is 1.80 bits per heavy atom. The van der Waals surface area contributed by atoms with Gasteiger partial charge in [-0.1, -0.05) is 12.1 Å². The van der Waals surface area contributed by atoms with Gasteiger partial charge in [-0.25, -0.2) is 14.8 Å². The molecule has 0 spiro atoms. The number of likely N-dealkylation sites (N-methyl/N-ethyl adjacent to an activating group) is 1. The van der Waals surface area contributed by atoms with Crippen LogP contribution < -0.4 is 25.0 Å². The highest BCUT2D eigenvalue weighted by Gasteiger charge is 2.39. The van der Waals surface area contributed by atoms with Gasteiger partial charge in [-0.15, -0.1) is 0 Å². The molecule has 6 rings (SSSR count). The van der Waals surface area contributed by atoms with Gasteiger partial charge in [0, 0.05) is 43.7 Å². The summed E-state index contributed by atoms with van der Waals surface area (Å²) in [5.74, 6) is 1.52. The van der Waals surface area contributed by atoms with Gasteiger partial charge in [-0.2, -0.15) is 4.98 Å². The van der Waals surface area contributed by atoms with Crippen LogP contribution in [0.25, 0.3) is 11.3 Å². The zero-order valence-electron chi connectivity index (χ0n) is 23.5. The first-order valence-corrected chi connectivity index (χ1v) is 13.6. The standard InChI is InChI=1S/C29H33N7O5/c1-29(2)16-35(3)26(37)23-24(33-27(34-25(23)41-29)36-14-20-9-10-21(15-36)40-20)17-5-7-18(8-6-17)31-28(38)32-22-13-19(39-4)11-12-30-22/h5-8,11-13,20-21H,9-10,14-16H2,1-4H3,(H2,30,31,32,38). The molecule has 2 saturated heterocycles. The lowest BCUT2D eigenvalue weighted by Gasteiger charge is -2.33. The minimum atomic E-state index is -0.638. The monoisotopic (exact) mass is 559 g/mol. The fourth-order valence-corrected chi connectivity index (χ4v) is 5.55. The molecule has 3 aliphatic heterocycles. The van der Waals surface area contributed by atoms with Crippen molar-refractivity contribution < 1.29 is 23.8 Å². The van der Waals surface area contributed by atoms with Crippen LogP contribution in [0.4, 0.5) is 22.2 Å². The molecule has 2 unspecified atom stereocenters. The molecule has 2 N–H and O–H groups in total. The smallest absolute Gasteiger partial charge is 0.324 e. The first-order valence-electron chi connectivity index (χ1n) is 13.6. The lowest BCUT2D eigenvalue weighted by Crippen LogP contribution is -2.43. The number of urea groups is 1. The Kier molecular flexibility index (Phi) is 6.86. The summed E-state index contributed by atoms with van der Waals surface area (Å²) < 4.78 is 17.5. The van der Waals surface area contributed by atoms with E-state index in [-0.39, 0.29) is 24.0 Å². The topological polar surface area (TPSA) is 131 Å². The van der Waals surface area contributed by atoms with Gasteiger partial charge in [0.1, 0.15) is 22.7 Å². The quantitative estimate of drug-likeness (QED) is 0.479. The van der Waals surface area contributed by atoms with Crippen molar-refractivity contribution in [2.24, 2.45) is 0 Å². The molecule has 3 aliphatic rings. The minimum absolute atomic E-state index is 0.147. The molecule has 0 aliphatic carbocycles. The van der Waals surface area contributed by atoms with E-state index >= 15 is 0 Å². The van der Waals surface area contributed by atoms with Crippen molar-refractivity contribution in [3.8, 4) is 22.9 Å². The zero-order valence-corrected chi connectivity index (χ0v) is 23.5. The van der Waals surface area contributed by atoms with Gasteiger partial charge in [-0.05, 0) is 44.9 Å². The highest BCUT2D eigenvalue weighted by atomic mass is 16.5. The van der Waals surface area contributed by atoms with Crippen molar-refractivity contribution in [1.82, 2.24) is 19.9 Å².